The van der Waals surface area contributed by atoms with Crippen LogP contribution in [0.2, 0.25) is 0 Å². The first-order chi connectivity index (χ1) is 17.5. The lowest BCUT2D eigenvalue weighted by atomic mass is 9.53. The zero-order valence-corrected chi connectivity index (χ0v) is 23.6. The van der Waals surface area contributed by atoms with Crippen molar-refractivity contribution in [2.24, 2.45) is 23.2 Å². The van der Waals surface area contributed by atoms with Gasteiger partial charge in [0, 0.05) is 17.9 Å². The number of esters is 1. The number of Topliss-reactive ketones (excluding diaryl/α,β-unsaturated/α-hetero) is 1. The van der Waals surface area contributed by atoms with E-state index in [-0.39, 0.29) is 30.8 Å². The second-order valence-electron chi connectivity index (χ2n) is 12.0. The Labute approximate surface area is 222 Å². The van der Waals surface area contributed by atoms with Crippen LogP contribution in [0.15, 0.2) is 22.8 Å². The Balaban J connectivity index is 1.71. The number of carbonyl (C=O) groups is 2. The van der Waals surface area contributed by atoms with E-state index in [1.54, 1.807) is 20.8 Å². The van der Waals surface area contributed by atoms with Crippen LogP contribution in [0.1, 0.15) is 92.9 Å². The number of ketones is 1. The van der Waals surface area contributed by atoms with Crippen molar-refractivity contribution in [2.45, 2.75) is 117 Å². The van der Waals surface area contributed by atoms with E-state index >= 15 is 0 Å². The Morgan fingerprint density at radius 1 is 1.22 bits per heavy atom. The molecular formula is C30H48O7. The molecule has 0 radical (unpaired) electrons. The van der Waals surface area contributed by atoms with Crippen molar-refractivity contribution in [3.8, 4) is 0 Å². The number of carbonyl (C=O) groups excluding carboxylic acids is 2. The molecule has 210 valence electrons. The molecular weight excluding hydrogens is 472 g/mol. The van der Waals surface area contributed by atoms with E-state index in [1.165, 1.54) is 6.42 Å². The molecule has 0 bridgehead atoms. The third-order valence-electron chi connectivity index (χ3n) is 9.53. The van der Waals surface area contributed by atoms with Crippen molar-refractivity contribution in [3.05, 3.63) is 22.8 Å². The van der Waals surface area contributed by atoms with E-state index in [0.29, 0.717) is 29.6 Å². The van der Waals surface area contributed by atoms with Crippen LogP contribution in [0.3, 0.4) is 0 Å². The van der Waals surface area contributed by atoms with Gasteiger partial charge >= 0.3 is 5.97 Å². The minimum absolute atomic E-state index is 0.00925. The third kappa shape index (κ3) is 5.61. The minimum atomic E-state index is -1.02. The van der Waals surface area contributed by atoms with Gasteiger partial charge in [0.2, 0.25) is 0 Å². The van der Waals surface area contributed by atoms with E-state index < -0.39 is 41.2 Å². The summed E-state index contributed by atoms with van der Waals surface area (Å²) in [5.74, 6) is -1.20. The van der Waals surface area contributed by atoms with Gasteiger partial charge in [-0.2, -0.15) is 0 Å². The van der Waals surface area contributed by atoms with Crippen LogP contribution in [0, 0.1) is 23.2 Å². The van der Waals surface area contributed by atoms with Gasteiger partial charge in [-0.15, -0.1) is 0 Å². The first-order valence-electron chi connectivity index (χ1n) is 14.2. The first kappa shape index (κ1) is 30.0. The summed E-state index contributed by atoms with van der Waals surface area (Å²) >= 11 is 0. The molecule has 2 aliphatic carbocycles. The minimum Gasteiger partial charge on any atom is -0.459 e. The molecule has 3 aliphatic rings. The summed E-state index contributed by atoms with van der Waals surface area (Å²) in [6.45, 7) is 11.5. The average molecular weight is 521 g/mol. The highest BCUT2D eigenvalue weighted by atomic mass is 16.7. The second kappa shape index (κ2) is 12.1. The van der Waals surface area contributed by atoms with E-state index in [9.17, 15) is 24.9 Å². The maximum atomic E-state index is 13.2. The predicted molar refractivity (Wildman–Crippen MR) is 142 cm³/mol. The Hall–Kier alpha value is -1.54. The summed E-state index contributed by atoms with van der Waals surface area (Å²) in [7, 11) is 0. The number of hydrogen-bond donors (Lipinski definition) is 3. The fourth-order valence-electron chi connectivity index (χ4n) is 6.61. The molecule has 1 saturated heterocycles. The SMILES string of the molecule is CCCCCC[C@H](/C=C(\C)[C@@H](O)[C@@H](C)C(=O)O[C@@H]1CC[C@H](C)[C@@]2(C)C/C(=C(\C)CO)C(=O)[C@H]3O[C@@]312)CO. The lowest BCUT2D eigenvalue weighted by Crippen LogP contribution is -2.59. The van der Waals surface area contributed by atoms with Crippen LogP contribution in [-0.4, -0.2) is 64.2 Å². The standard InChI is InChI=1S/C30H48O7/c1-7-8-9-10-11-22(17-32)14-18(2)25(33)21(5)28(35)36-24-13-12-20(4)29(6)15-23(19(3)16-31)26(34)27-30(24,29)37-27/h14,20-22,24-25,27,31-33H,7-13,15-17H2,1-6H3/b18-14+,23-19-/t20-,21+,22+,24+,25+,27+,29+,30+/m0/s1. The normalized spacial score (nSPS) is 35.2. The highest BCUT2D eigenvalue weighted by Crippen LogP contribution is 2.67. The van der Waals surface area contributed by atoms with Crippen molar-refractivity contribution in [3.63, 3.8) is 0 Å². The molecule has 1 heterocycles. The van der Waals surface area contributed by atoms with Crippen molar-refractivity contribution in [1.82, 2.24) is 0 Å². The van der Waals surface area contributed by atoms with Gasteiger partial charge in [0.05, 0.1) is 18.6 Å². The molecule has 0 aromatic carbocycles. The van der Waals surface area contributed by atoms with E-state index in [2.05, 4.69) is 20.8 Å². The van der Waals surface area contributed by atoms with E-state index in [0.717, 1.165) is 32.1 Å². The van der Waals surface area contributed by atoms with Crippen molar-refractivity contribution < 1.29 is 34.4 Å². The molecule has 0 amide bonds. The molecule has 0 aromatic rings. The molecule has 37 heavy (non-hydrogen) atoms. The Kier molecular flexibility index (Phi) is 9.82. The van der Waals surface area contributed by atoms with Gasteiger partial charge in [-0.05, 0) is 69.1 Å². The number of epoxide rings is 1. The summed E-state index contributed by atoms with van der Waals surface area (Å²) in [6.07, 6.45) is 6.87. The maximum Gasteiger partial charge on any atom is 0.312 e. The zero-order valence-electron chi connectivity index (χ0n) is 23.6. The molecule has 1 aliphatic heterocycles. The summed E-state index contributed by atoms with van der Waals surface area (Å²) in [5.41, 5.74) is 0.713. The smallest absolute Gasteiger partial charge is 0.312 e. The lowest BCUT2D eigenvalue weighted by Gasteiger charge is -2.50. The summed E-state index contributed by atoms with van der Waals surface area (Å²) < 4.78 is 12.2. The molecule has 2 saturated carbocycles. The van der Waals surface area contributed by atoms with Gasteiger partial charge in [-0.25, -0.2) is 0 Å². The van der Waals surface area contributed by atoms with Gasteiger partial charge < -0.3 is 24.8 Å². The number of aliphatic hydroxyl groups is 3. The van der Waals surface area contributed by atoms with Crippen LogP contribution < -0.4 is 0 Å². The molecule has 3 N–H and O–H groups in total. The van der Waals surface area contributed by atoms with Gasteiger partial charge in [0.25, 0.3) is 0 Å². The molecule has 3 fully saturated rings. The van der Waals surface area contributed by atoms with Gasteiger partial charge in [0.15, 0.2) is 11.9 Å². The van der Waals surface area contributed by atoms with Gasteiger partial charge in [0.1, 0.15) is 11.7 Å². The van der Waals surface area contributed by atoms with Crippen LogP contribution in [-0.2, 0) is 19.1 Å². The number of aliphatic hydroxyl groups excluding tert-OH is 3. The largest absolute Gasteiger partial charge is 0.459 e. The Bertz CT molecular complexity index is 908. The quantitative estimate of drug-likeness (QED) is 0.116. The highest BCUT2D eigenvalue weighted by Gasteiger charge is 2.79. The predicted octanol–water partition coefficient (Wildman–Crippen LogP) is 4.28. The third-order valence-corrected chi connectivity index (χ3v) is 9.53. The second-order valence-corrected chi connectivity index (χ2v) is 12.0. The summed E-state index contributed by atoms with van der Waals surface area (Å²) in [5, 5.41) is 30.4. The summed E-state index contributed by atoms with van der Waals surface area (Å²) in [4.78, 5) is 26.4. The molecule has 1 spiro atoms. The zero-order chi connectivity index (χ0) is 27.5. The number of ether oxygens (including phenoxy) is 2. The topological polar surface area (TPSA) is 117 Å². The first-order valence-corrected chi connectivity index (χ1v) is 14.2. The van der Waals surface area contributed by atoms with Crippen LogP contribution in [0.25, 0.3) is 0 Å². The average Bonchev–Trinajstić information content (AvgIpc) is 3.65. The molecule has 7 heteroatoms. The molecule has 3 rings (SSSR count). The van der Waals surface area contributed by atoms with Crippen molar-refractivity contribution in [1.29, 1.82) is 0 Å². The Morgan fingerprint density at radius 3 is 2.54 bits per heavy atom. The molecule has 8 atom stereocenters. The van der Waals surface area contributed by atoms with Crippen LogP contribution in [0.5, 0.6) is 0 Å². The molecule has 0 unspecified atom stereocenters. The van der Waals surface area contributed by atoms with Gasteiger partial charge in [-0.3, -0.25) is 9.59 Å². The lowest BCUT2D eigenvalue weighted by molar-refractivity contribution is -0.171. The maximum absolute atomic E-state index is 13.2. The van der Waals surface area contributed by atoms with Crippen LogP contribution >= 0.6 is 0 Å². The van der Waals surface area contributed by atoms with Gasteiger partial charge in [-0.1, -0.05) is 52.5 Å². The monoisotopic (exact) mass is 520 g/mol. The van der Waals surface area contributed by atoms with Crippen molar-refractivity contribution in [2.75, 3.05) is 13.2 Å². The van der Waals surface area contributed by atoms with E-state index in [4.69, 9.17) is 9.47 Å². The highest BCUT2D eigenvalue weighted by molar-refractivity contribution is 6.04. The van der Waals surface area contributed by atoms with E-state index in [1.807, 2.05) is 6.08 Å². The molecule has 0 aromatic heterocycles. The number of hydrogen-bond acceptors (Lipinski definition) is 7. The number of rotatable bonds is 12. The number of unbranched alkanes of at least 4 members (excludes halogenated alkanes) is 3. The Morgan fingerprint density at radius 2 is 1.92 bits per heavy atom. The molecule has 7 nitrogen and oxygen atoms in total. The fraction of sp³-hybridized carbons (Fsp3) is 0.800. The van der Waals surface area contributed by atoms with Crippen molar-refractivity contribution >= 4 is 11.8 Å². The fourth-order valence-corrected chi connectivity index (χ4v) is 6.61. The van der Waals surface area contributed by atoms with Crippen LogP contribution in [0.4, 0.5) is 0 Å². The summed E-state index contributed by atoms with van der Waals surface area (Å²) in [6, 6.07) is 0.